The van der Waals surface area contributed by atoms with Gasteiger partial charge in [-0.1, -0.05) is 12.1 Å². The summed E-state index contributed by atoms with van der Waals surface area (Å²) in [4.78, 5) is 3.73. The van der Waals surface area contributed by atoms with Gasteiger partial charge in [0.05, 0.1) is 11.6 Å². The van der Waals surface area contributed by atoms with Crippen LogP contribution in [0.5, 0.6) is 0 Å². The van der Waals surface area contributed by atoms with Gasteiger partial charge in [0, 0.05) is 6.20 Å². The van der Waals surface area contributed by atoms with Gasteiger partial charge < -0.3 is 5.32 Å². The van der Waals surface area contributed by atoms with E-state index in [1.54, 1.807) is 26.0 Å². The van der Waals surface area contributed by atoms with Gasteiger partial charge in [-0.15, -0.1) is 0 Å². The summed E-state index contributed by atoms with van der Waals surface area (Å²) >= 11 is 0. The minimum Gasteiger partial charge on any atom is -0.364 e. The number of aryl methyl sites for hydroxylation is 1. The molecule has 0 aliphatic rings. The minimum absolute atomic E-state index is 0.274. The van der Waals surface area contributed by atoms with Crippen molar-refractivity contribution in [1.29, 1.82) is 0 Å². The maximum atomic E-state index is 13.5. The van der Waals surface area contributed by atoms with Crippen LogP contribution in [0, 0.1) is 12.7 Å². The number of pyridine rings is 1. The third-order valence-electron chi connectivity index (χ3n) is 3.15. The molecule has 2 nitrogen and oxygen atoms in total. The first-order valence-electron chi connectivity index (χ1n) is 6.33. The van der Waals surface area contributed by atoms with Crippen molar-refractivity contribution in [3.8, 4) is 0 Å². The van der Waals surface area contributed by atoms with E-state index >= 15 is 0 Å². The SMILES string of the molecule is Cc1ccc(C(C)Nc2ccc(C(F)(F)F)cn2)cc1F. The number of nitrogens with zero attached hydrogens (tertiary/aromatic N) is 1. The van der Waals surface area contributed by atoms with E-state index in [4.69, 9.17) is 0 Å². The molecule has 2 aromatic rings. The molecule has 1 atom stereocenters. The Hall–Kier alpha value is -2.11. The number of aromatic nitrogens is 1. The lowest BCUT2D eigenvalue weighted by Crippen LogP contribution is -2.10. The summed E-state index contributed by atoms with van der Waals surface area (Å²) in [5.41, 5.74) is 0.431. The Balaban J connectivity index is 2.12. The Kier molecular flexibility index (Phi) is 4.16. The fourth-order valence-electron chi connectivity index (χ4n) is 1.83. The van der Waals surface area contributed by atoms with Crippen molar-refractivity contribution in [3.63, 3.8) is 0 Å². The van der Waals surface area contributed by atoms with E-state index in [2.05, 4.69) is 10.3 Å². The molecule has 0 aliphatic carbocycles. The van der Waals surface area contributed by atoms with Gasteiger partial charge in [0.2, 0.25) is 0 Å². The number of benzene rings is 1. The fourth-order valence-corrected chi connectivity index (χ4v) is 1.83. The number of alkyl halides is 3. The number of anilines is 1. The van der Waals surface area contributed by atoms with Gasteiger partial charge in [-0.05, 0) is 43.2 Å². The van der Waals surface area contributed by atoms with Crippen LogP contribution in [0.3, 0.4) is 0 Å². The van der Waals surface area contributed by atoms with Gasteiger partial charge in [-0.3, -0.25) is 0 Å². The van der Waals surface area contributed by atoms with Crippen molar-refractivity contribution < 1.29 is 17.6 Å². The van der Waals surface area contributed by atoms with E-state index in [0.29, 0.717) is 16.9 Å². The summed E-state index contributed by atoms with van der Waals surface area (Å²) in [7, 11) is 0. The van der Waals surface area contributed by atoms with Gasteiger partial charge >= 0.3 is 6.18 Å². The summed E-state index contributed by atoms with van der Waals surface area (Å²) in [5.74, 6) is -0.0157. The molecule has 0 saturated carbocycles. The van der Waals surface area contributed by atoms with Crippen molar-refractivity contribution in [2.75, 3.05) is 5.32 Å². The second-order valence-electron chi connectivity index (χ2n) is 4.80. The highest BCUT2D eigenvalue weighted by atomic mass is 19.4. The Morgan fingerprint density at radius 3 is 2.38 bits per heavy atom. The molecule has 1 unspecified atom stereocenters. The summed E-state index contributed by atoms with van der Waals surface area (Å²) < 4.78 is 50.8. The Bertz CT molecular complexity index is 621. The predicted molar refractivity (Wildman–Crippen MR) is 72.4 cm³/mol. The molecule has 1 heterocycles. The topological polar surface area (TPSA) is 24.9 Å². The highest BCUT2D eigenvalue weighted by molar-refractivity contribution is 5.40. The highest BCUT2D eigenvalue weighted by Crippen LogP contribution is 2.29. The normalized spacial score (nSPS) is 13.0. The van der Waals surface area contributed by atoms with Gasteiger partial charge in [-0.25, -0.2) is 9.37 Å². The van der Waals surface area contributed by atoms with Crippen molar-refractivity contribution in [1.82, 2.24) is 4.98 Å². The first-order chi connectivity index (χ1) is 9.77. The zero-order valence-electron chi connectivity index (χ0n) is 11.5. The molecule has 1 N–H and O–H groups in total. The Morgan fingerprint density at radius 2 is 1.86 bits per heavy atom. The molecular weight excluding hydrogens is 284 g/mol. The quantitative estimate of drug-likeness (QED) is 0.829. The standard InChI is InChI=1S/C15H14F4N2/c1-9-3-4-11(7-13(9)16)10(2)21-14-6-5-12(8-20-14)15(17,18)19/h3-8,10H,1-2H3,(H,20,21). The second kappa shape index (κ2) is 5.71. The molecule has 2 rings (SSSR count). The molecule has 0 spiro atoms. The Labute approximate surface area is 119 Å². The van der Waals surface area contributed by atoms with E-state index in [1.807, 2.05) is 0 Å². The zero-order chi connectivity index (χ0) is 15.6. The van der Waals surface area contributed by atoms with Crippen molar-refractivity contribution in [2.24, 2.45) is 0 Å². The molecule has 0 aliphatic heterocycles. The van der Waals surface area contributed by atoms with E-state index in [1.165, 1.54) is 12.1 Å². The molecule has 6 heteroatoms. The highest BCUT2D eigenvalue weighted by Gasteiger charge is 2.30. The first-order valence-corrected chi connectivity index (χ1v) is 6.33. The van der Waals surface area contributed by atoms with Crippen LogP contribution in [0.2, 0.25) is 0 Å². The maximum Gasteiger partial charge on any atom is 0.417 e. The number of hydrogen-bond acceptors (Lipinski definition) is 2. The van der Waals surface area contributed by atoms with Crippen LogP contribution in [-0.4, -0.2) is 4.98 Å². The lowest BCUT2D eigenvalue weighted by Gasteiger charge is -2.16. The van der Waals surface area contributed by atoms with Crippen LogP contribution in [0.1, 0.15) is 29.7 Å². The van der Waals surface area contributed by atoms with E-state index in [-0.39, 0.29) is 11.9 Å². The molecule has 0 fully saturated rings. The second-order valence-corrected chi connectivity index (χ2v) is 4.80. The van der Waals surface area contributed by atoms with Crippen LogP contribution < -0.4 is 5.32 Å². The van der Waals surface area contributed by atoms with Crippen LogP contribution in [0.15, 0.2) is 36.5 Å². The van der Waals surface area contributed by atoms with Crippen LogP contribution in [0.25, 0.3) is 0 Å². The average Bonchev–Trinajstić information content (AvgIpc) is 2.41. The van der Waals surface area contributed by atoms with E-state index < -0.39 is 11.7 Å². The summed E-state index contributed by atoms with van der Waals surface area (Å²) in [6, 6.07) is 6.76. The molecular formula is C15H14F4N2. The summed E-state index contributed by atoms with van der Waals surface area (Å²) in [6.45, 7) is 3.44. The lowest BCUT2D eigenvalue weighted by molar-refractivity contribution is -0.137. The van der Waals surface area contributed by atoms with Gasteiger partial charge in [0.1, 0.15) is 11.6 Å². The average molecular weight is 298 g/mol. The molecule has 1 aromatic heterocycles. The molecule has 112 valence electrons. The minimum atomic E-state index is -4.41. The number of hydrogen-bond donors (Lipinski definition) is 1. The molecule has 0 amide bonds. The number of nitrogens with one attached hydrogen (secondary N) is 1. The van der Waals surface area contributed by atoms with Crippen molar-refractivity contribution in [3.05, 3.63) is 59.0 Å². The van der Waals surface area contributed by atoms with Gasteiger partial charge in [-0.2, -0.15) is 13.2 Å². The smallest absolute Gasteiger partial charge is 0.364 e. The monoisotopic (exact) mass is 298 g/mol. The molecule has 0 radical (unpaired) electrons. The molecule has 0 bridgehead atoms. The fraction of sp³-hybridized carbons (Fsp3) is 0.267. The van der Waals surface area contributed by atoms with Gasteiger partial charge in [0.15, 0.2) is 0 Å². The van der Waals surface area contributed by atoms with E-state index in [0.717, 1.165) is 12.3 Å². The molecule has 0 saturated heterocycles. The first kappa shape index (κ1) is 15.3. The number of halogens is 4. The maximum absolute atomic E-state index is 13.5. The number of rotatable bonds is 3. The summed E-state index contributed by atoms with van der Waals surface area (Å²) in [5, 5.41) is 2.94. The largest absolute Gasteiger partial charge is 0.417 e. The molecule has 1 aromatic carbocycles. The third kappa shape index (κ3) is 3.71. The Morgan fingerprint density at radius 1 is 1.14 bits per heavy atom. The zero-order valence-corrected chi connectivity index (χ0v) is 11.5. The van der Waals surface area contributed by atoms with Crippen LogP contribution in [0.4, 0.5) is 23.4 Å². The lowest BCUT2D eigenvalue weighted by atomic mass is 10.1. The van der Waals surface area contributed by atoms with Crippen molar-refractivity contribution >= 4 is 5.82 Å². The third-order valence-corrected chi connectivity index (χ3v) is 3.15. The van der Waals surface area contributed by atoms with Crippen molar-refractivity contribution in [2.45, 2.75) is 26.1 Å². The van der Waals surface area contributed by atoms with Gasteiger partial charge in [0.25, 0.3) is 0 Å². The van der Waals surface area contributed by atoms with Crippen LogP contribution >= 0.6 is 0 Å². The predicted octanol–water partition coefficient (Wildman–Crippen LogP) is 4.72. The van der Waals surface area contributed by atoms with E-state index in [9.17, 15) is 17.6 Å². The molecule has 21 heavy (non-hydrogen) atoms. The van der Waals surface area contributed by atoms with Crippen LogP contribution in [-0.2, 0) is 6.18 Å². The summed E-state index contributed by atoms with van der Waals surface area (Å²) in [6.07, 6.45) is -3.64.